The summed E-state index contributed by atoms with van der Waals surface area (Å²) in [4.78, 5) is 18.8. The van der Waals surface area contributed by atoms with Crippen molar-refractivity contribution in [1.29, 1.82) is 0 Å². The summed E-state index contributed by atoms with van der Waals surface area (Å²) in [6, 6.07) is 8.73. The maximum atomic E-state index is 13.2. The molecule has 2 aliphatic carbocycles. The van der Waals surface area contributed by atoms with E-state index in [-0.39, 0.29) is 11.6 Å². The SMILES string of the molecule is CCC[C@@H](c1nnnn1C1CCCCC1)N(Cc1cc2cc(OC)ccc2[nH]c1=O)C1CCCC1. The number of rotatable bonds is 9. The van der Waals surface area contributed by atoms with E-state index >= 15 is 0 Å². The highest BCUT2D eigenvalue weighted by molar-refractivity contribution is 5.80. The van der Waals surface area contributed by atoms with Gasteiger partial charge >= 0.3 is 0 Å². The van der Waals surface area contributed by atoms with Gasteiger partial charge in [-0.15, -0.1) is 5.10 Å². The van der Waals surface area contributed by atoms with E-state index in [1.165, 1.54) is 32.1 Å². The van der Waals surface area contributed by atoms with Crippen molar-refractivity contribution in [3.63, 3.8) is 0 Å². The molecule has 0 bridgehead atoms. The Bertz CT molecular complexity index is 1180. The summed E-state index contributed by atoms with van der Waals surface area (Å²) >= 11 is 0. The fraction of sp³-hybridized carbons (Fsp3) is 0.630. The lowest BCUT2D eigenvalue weighted by Crippen LogP contribution is -2.39. The zero-order valence-electron chi connectivity index (χ0n) is 21.1. The van der Waals surface area contributed by atoms with Gasteiger partial charge in [0.25, 0.3) is 5.56 Å². The highest BCUT2D eigenvalue weighted by Gasteiger charge is 2.34. The number of hydrogen-bond acceptors (Lipinski definition) is 6. The standard InChI is InChI=1S/C27H38N6O2/c1-3-9-25(26-29-30-31-33(26)22-12-5-4-6-13-22)32(21-10-7-8-11-21)18-20-16-19-17-23(35-2)14-15-24(19)28-27(20)34/h14-17,21-22,25H,3-13,18H2,1-2H3,(H,28,34)/t25-/m0/s1. The highest BCUT2D eigenvalue weighted by Crippen LogP contribution is 2.37. The van der Waals surface area contributed by atoms with Crippen molar-refractivity contribution in [3.8, 4) is 5.75 Å². The smallest absolute Gasteiger partial charge is 0.252 e. The van der Waals surface area contributed by atoms with Crippen molar-refractivity contribution in [1.82, 2.24) is 30.1 Å². The molecule has 0 saturated heterocycles. The third kappa shape index (κ3) is 5.13. The Morgan fingerprint density at radius 2 is 1.89 bits per heavy atom. The molecular weight excluding hydrogens is 440 g/mol. The van der Waals surface area contributed by atoms with Crippen LogP contribution in [0.15, 0.2) is 29.1 Å². The lowest BCUT2D eigenvalue weighted by molar-refractivity contribution is 0.105. The van der Waals surface area contributed by atoms with Crippen LogP contribution in [0.2, 0.25) is 0 Å². The molecule has 8 nitrogen and oxygen atoms in total. The third-order valence-electron chi connectivity index (χ3n) is 7.97. The molecule has 0 radical (unpaired) electrons. The summed E-state index contributed by atoms with van der Waals surface area (Å²) in [6.07, 6.45) is 12.9. The van der Waals surface area contributed by atoms with Gasteiger partial charge < -0.3 is 9.72 Å². The number of fused-ring (bicyclic) bond motifs is 1. The zero-order valence-corrected chi connectivity index (χ0v) is 21.1. The number of tetrazole rings is 1. The maximum Gasteiger partial charge on any atom is 0.252 e. The molecule has 1 atom stereocenters. The van der Waals surface area contributed by atoms with Gasteiger partial charge in [0.15, 0.2) is 5.82 Å². The Morgan fingerprint density at radius 3 is 2.63 bits per heavy atom. The molecule has 2 heterocycles. The fourth-order valence-electron chi connectivity index (χ4n) is 6.12. The van der Waals surface area contributed by atoms with Crippen LogP contribution in [-0.4, -0.2) is 43.2 Å². The van der Waals surface area contributed by atoms with E-state index in [9.17, 15) is 4.79 Å². The quantitative estimate of drug-likeness (QED) is 0.448. The summed E-state index contributed by atoms with van der Waals surface area (Å²) in [5.74, 6) is 1.77. The molecule has 0 unspecified atom stereocenters. The van der Waals surface area contributed by atoms with E-state index in [1.807, 2.05) is 24.3 Å². The van der Waals surface area contributed by atoms with Gasteiger partial charge in [0, 0.05) is 29.1 Å². The van der Waals surface area contributed by atoms with E-state index in [4.69, 9.17) is 4.74 Å². The number of aromatic nitrogens is 5. The molecule has 0 spiro atoms. The first kappa shape index (κ1) is 24.0. The molecule has 0 amide bonds. The van der Waals surface area contributed by atoms with Gasteiger partial charge in [-0.05, 0) is 66.8 Å². The molecule has 0 aliphatic heterocycles. The Kier molecular flexibility index (Phi) is 7.46. The number of methoxy groups -OCH3 is 1. The number of nitrogens with zero attached hydrogens (tertiary/aromatic N) is 5. The number of aromatic amines is 1. The maximum absolute atomic E-state index is 13.2. The second kappa shape index (κ2) is 10.9. The van der Waals surface area contributed by atoms with Gasteiger partial charge in [0.1, 0.15) is 5.75 Å². The zero-order chi connectivity index (χ0) is 24.2. The van der Waals surface area contributed by atoms with E-state index in [1.54, 1.807) is 7.11 Å². The molecule has 35 heavy (non-hydrogen) atoms. The second-order valence-electron chi connectivity index (χ2n) is 10.3. The van der Waals surface area contributed by atoms with Crippen molar-refractivity contribution in [3.05, 3.63) is 46.0 Å². The number of pyridine rings is 1. The number of hydrogen-bond donors (Lipinski definition) is 1. The van der Waals surface area contributed by atoms with Crippen LogP contribution in [0.5, 0.6) is 5.75 Å². The lowest BCUT2D eigenvalue weighted by Gasteiger charge is -2.36. The van der Waals surface area contributed by atoms with Gasteiger partial charge in [-0.1, -0.05) is 45.4 Å². The predicted octanol–water partition coefficient (Wildman–Crippen LogP) is 5.31. The molecule has 5 rings (SSSR count). The largest absolute Gasteiger partial charge is 0.497 e. The van der Waals surface area contributed by atoms with Gasteiger partial charge in [-0.2, -0.15) is 0 Å². The third-order valence-corrected chi connectivity index (χ3v) is 7.97. The fourth-order valence-corrected chi connectivity index (χ4v) is 6.12. The summed E-state index contributed by atoms with van der Waals surface area (Å²) < 4.78 is 7.54. The summed E-state index contributed by atoms with van der Waals surface area (Å²) in [5, 5.41) is 14.2. The van der Waals surface area contributed by atoms with Crippen molar-refractivity contribution >= 4 is 10.9 Å². The first-order valence-corrected chi connectivity index (χ1v) is 13.4. The van der Waals surface area contributed by atoms with Crippen molar-refractivity contribution in [2.45, 2.75) is 102 Å². The first-order valence-electron chi connectivity index (χ1n) is 13.4. The van der Waals surface area contributed by atoms with Crippen LogP contribution >= 0.6 is 0 Å². The van der Waals surface area contributed by atoms with Crippen molar-refractivity contribution < 1.29 is 4.74 Å². The molecule has 1 aromatic carbocycles. The van der Waals surface area contributed by atoms with E-state index in [2.05, 4.69) is 37.0 Å². The van der Waals surface area contributed by atoms with Crippen LogP contribution in [0, 0.1) is 0 Å². The minimum absolute atomic E-state index is 0.0206. The van der Waals surface area contributed by atoms with E-state index in [0.29, 0.717) is 18.6 Å². The van der Waals surface area contributed by atoms with Crippen LogP contribution in [0.1, 0.15) is 101 Å². The lowest BCUT2D eigenvalue weighted by atomic mass is 9.95. The Morgan fingerprint density at radius 1 is 1.11 bits per heavy atom. The number of ether oxygens (including phenoxy) is 1. The summed E-state index contributed by atoms with van der Waals surface area (Å²) in [7, 11) is 1.67. The van der Waals surface area contributed by atoms with Crippen LogP contribution in [0.25, 0.3) is 10.9 Å². The normalized spacial score (nSPS) is 18.5. The number of benzene rings is 1. The topological polar surface area (TPSA) is 88.9 Å². The van der Waals surface area contributed by atoms with E-state index < -0.39 is 0 Å². The predicted molar refractivity (Wildman–Crippen MR) is 137 cm³/mol. The summed E-state index contributed by atoms with van der Waals surface area (Å²) in [6.45, 7) is 2.82. The number of H-pyrrole nitrogens is 1. The highest BCUT2D eigenvalue weighted by atomic mass is 16.5. The molecule has 188 valence electrons. The number of nitrogens with one attached hydrogen (secondary N) is 1. The van der Waals surface area contributed by atoms with Gasteiger partial charge in [0.05, 0.1) is 19.2 Å². The monoisotopic (exact) mass is 478 g/mol. The summed E-state index contributed by atoms with van der Waals surface area (Å²) in [5.41, 5.74) is 1.60. The Labute approximate surface area is 207 Å². The molecule has 2 aliphatic rings. The molecule has 2 fully saturated rings. The Hall–Kier alpha value is -2.74. The molecule has 2 aromatic heterocycles. The molecule has 8 heteroatoms. The second-order valence-corrected chi connectivity index (χ2v) is 10.3. The molecular formula is C27H38N6O2. The Balaban J connectivity index is 1.52. The first-order chi connectivity index (χ1) is 17.2. The molecule has 1 N–H and O–H groups in total. The average Bonchev–Trinajstić information content (AvgIpc) is 3.59. The van der Waals surface area contributed by atoms with Gasteiger partial charge in [0.2, 0.25) is 0 Å². The van der Waals surface area contributed by atoms with Crippen molar-refractivity contribution in [2.75, 3.05) is 7.11 Å². The molecule has 3 aromatic rings. The van der Waals surface area contributed by atoms with E-state index in [0.717, 1.165) is 66.6 Å². The van der Waals surface area contributed by atoms with Crippen LogP contribution < -0.4 is 10.3 Å². The van der Waals surface area contributed by atoms with Crippen LogP contribution in [0.3, 0.4) is 0 Å². The average molecular weight is 479 g/mol. The van der Waals surface area contributed by atoms with Crippen molar-refractivity contribution in [2.24, 2.45) is 0 Å². The van der Waals surface area contributed by atoms with Crippen LogP contribution in [-0.2, 0) is 6.54 Å². The van der Waals surface area contributed by atoms with Crippen LogP contribution in [0.4, 0.5) is 0 Å². The minimum Gasteiger partial charge on any atom is -0.497 e. The molecule has 2 saturated carbocycles. The van der Waals surface area contributed by atoms with Gasteiger partial charge in [-0.25, -0.2) is 4.68 Å². The minimum atomic E-state index is -0.0206. The van der Waals surface area contributed by atoms with Gasteiger partial charge in [-0.3, -0.25) is 9.69 Å².